The number of halogens is 5. The van der Waals surface area contributed by atoms with Crippen LogP contribution in [0.5, 0.6) is 0 Å². The van der Waals surface area contributed by atoms with Gasteiger partial charge in [0.2, 0.25) is 0 Å². The number of hydrogen-bond acceptors (Lipinski definition) is 2. The van der Waals surface area contributed by atoms with E-state index in [9.17, 15) is 26.7 Å². The van der Waals surface area contributed by atoms with E-state index in [2.05, 4.69) is 10.2 Å². The lowest BCUT2D eigenvalue weighted by atomic mass is 9.80. The predicted octanol–water partition coefficient (Wildman–Crippen LogP) is 2.73. The van der Waals surface area contributed by atoms with E-state index in [0.717, 1.165) is 0 Å². The summed E-state index contributed by atoms with van der Waals surface area (Å²) in [6.45, 7) is 0. The maximum atomic E-state index is 14.3. The number of carboxylic acid groups (broad SMARTS) is 1. The minimum atomic E-state index is -5.00. The van der Waals surface area contributed by atoms with Crippen molar-refractivity contribution in [3.8, 4) is 0 Å². The van der Waals surface area contributed by atoms with Gasteiger partial charge in [0, 0.05) is 17.5 Å². The normalized spacial score (nSPS) is 30.6. The maximum Gasteiger partial charge on any atom is 0.435 e. The van der Waals surface area contributed by atoms with E-state index < -0.39 is 53.5 Å². The third-order valence-corrected chi connectivity index (χ3v) is 3.98. The zero-order chi connectivity index (χ0) is 14.9. The molecule has 1 aromatic rings. The Morgan fingerprint density at radius 1 is 1.45 bits per heavy atom. The molecule has 0 bridgehead atoms. The summed E-state index contributed by atoms with van der Waals surface area (Å²) in [5, 5.41) is 13.7. The molecule has 1 saturated carbocycles. The highest BCUT2D eigenvalue weighted by Crippen LogP contribution is 2.65. The molecule has 1 heterocycles. The minimum absolute atomic E-state index is 0.200. The first-order valence-corrected chi connectivity index (χ1v) is 5.89. The summed E-state index contributed by atoms with van der Waals surface area (Å²) in [5.41, 5.74) is -3.01. The van der Waals surface area contributed by atoms with Crippen LogP contribution in [0, 0.1) is 11.8 Å². The third-order valence-electron chi connectivity index (χ3n) is 3.98. The Kier molecular flexibility index (Phi) is 2.47. The highest BCUT2D eigenvalue weighted by molar-refractivity contribution is 5.67. The summed E-state index contributed by atoms with van der Waals surface area (Å²) in [6, 6.07) is 0. The van der Waals surface area contributed by atoms with Crippen LogP contribution in [-0.4, -0.2) is 21.3 Å². The molecule has 4 nitrogen and oxygen atoms in total. The Hall–Kier alpha value is -1.67. The molecular formula is C11H9F5N2O2. The number of carbonyl (C=O) groups is 1. The van der Waals surface area contributed by atoms with E-state index in [1.54, 1.807) is 0 Å². The van der Waals surface area contributed by atoms with Gasteiger partial charge >= 0.3 is 12.1 Å². The highest BCUT2D eigenvalue weighted by atomic mass is 19.4. The van der Waals surface area contributed by atoms with E-state index in [1.165, 1.54) is 0 Å². The molecule has 1 fully saturated rings. The van der Waals surface area contributed by atoms with E-state index in [4.69, 9.17) is 5.11 Å². The molecule has 0 aromatic carbocycles. The standard InChI is InChI=1S/C11H9F5N2O2/c12-10(13)5(2-6(19)20)3-1-4(3)8-7(10)9(18-17-8)11(14,15)16/h3-5H,1-2H2,(H,17,18)(H,19,20). The zero-order valence-corrected chi connectivity index (χ0v) is 9.84. The Labute approximate surface area is 109 Å². The van der Waals surface area contributed by atoms with Gasteiger partial charge in [0.15, 0.2) is 5.69 Å². The van der Waals surface area contributed by atoms with Crippen molar-refractivity contribution in [3.05, 3.63) is 17.0 Å². The SMILES string of the molecule is O=C(O)CC1C2CC2c2[nH]nc(C(F)(F)F)c2C1(F)F. The molecule has 2 aliphatic carbocycles. The molecule has 3 unspecified atom stereocenters. The molecule has 2 aliphatic rings. The van der Waals surface area contributed by atoms with Gasteiger partial charge in [-0.15, -0.1) is 0 Å². The summed E-state index contributed by atoms with van der Waals surface area (Å²) >= 11 is 0. The number of aromatic nitrogens is 2. The van der Waals surface area contributed by atoms with Crippen molar-refractivity contribution < 1.29 is 31.9 Å². The Morgan fingerprint density at radius 3 is 2.65 bits per heavy atom. The lowest BCUT2D eigenvalue weighted by Gasteiger charge is -2.30. The fourth-order valence-electron chi connectivity index (χ4n) is 3.08. The van der Waals surface area contributed by atoms with Gasteiger partial charge in [-0.1, -0.05) is 0 Å². The molecule has 0 spiro atoms. The smallest absolute Gasteiger partial charge is 0.435 e. The molecule has 0 radical (unpaired) electrons. The van der Waals surface area contributed by atoms with Crippen molar-refractivity contribution in [3.63, 3.8) is 0 Å². The van der Waals surface area contributed by atoms with Gasteiger partial charge < -0.3 is 5.11 Å². The molecule has 110 valence electrons. The van der Waals surface area contributed by atoms with Crippen LogP contribution < -0.4 is 0 Å². The van der Waals surface area contributed by atoms with Crippen molar-refractivity contribution >= 4 is 5.97 Å². The third kappa shape index (κ3) is 1.71. The van der Waals surface area contributed by atoms with E-state index in [-0.39, 0.29) is 12.1 Å². The monoisotopic (exact) mass is 296 g/mol. The molecular weight excluding hydrogens is 287 g/mol. The topological polar surface area (TPSA) is 66.0 Å². The number of H-pyrrole nitrogens is 1. The molecule has 1 aromatic heterocycles. The number of nitrogens with one attached hydrogen (secondary N) is 1. The van der Waals surface area contributed by atoms with Gasteiger partial charge in [-0.2, -0.15) is 18.3 Å². The van der Waals surface area contributed by atoms with Crippen LogP contribution in [0.1, 0.15) is 35.7 Å². The Morgan fingerprint density at radius 2 is 2.10 bits per heavy atom. The molecule has 2 N–H and O–H groups in total. The number of aliphatic carboxylic acids is 1. The van der Waals surface area contributed by atoms with Crippen LogP contribution in [0.3, 0.4) is 0 Å². The lowest BCUT2D eigenvalue weighted by molar-refractivity contribution is -0.154. The summed E-state index contributed by atoms with van der Waals surface area (Å²) in [4.78, 5) is 10.7. The van der Waals surface area contributed by atoms with Gasteiger partial charge in [-0.3, -0.25) is 9.89 Å². The highest BCUT2D eigenvalue weighted by Gasteiger charge is 2.64. The summed E-state index contributed by atoms with van der Waals surface area (Å²) in [5.74, 6) is -7.98. The summed E-state index contributed by atoms with van der Waals surface area (Å²) < 4.78 is 66.9. The molecule has 9 heteroatoms. The van der Waals surface area contributed by atoms with E-state index >= 15 is 0 Å². The van der Waals surface area contributed by atoms with Gasteiger partial charge in [-0.25, -0.2) is 8.78 Å². The van der Waals surface area contributed by atoms with Crippen LogP contribution in [0.25, 0.3) is 0 Å². The largest absolute Gasteiger partial charge is 0.481 e. The Bertz CT molecular complexity index is 580. The fraction of sp³-hybridized carbons (Fsp3) is 0.636. The molecule has 20 heavy (non-hydrogen) atoms. The number of rotatable bonds is 2. The minimum Gasteiger partial charge on any atom is -0.481 e. The van der Waals surface area contributed by atoms with Gasteiger partial charge in [0.1, 0.15) is 0 Å². The average Bonchev–Trinajstić information content (AvgIpc) is 2.91. The first-order chi connectivity index (χ1) is 9.14. The second kappa shape index (κ2) is 3.70. The summed E-state index contributed by atoms with van der Waals surface area (Å²) in [6.07, 6.45) is -5.58. The molecule has 3 rings (SSSR count). The number of fused-ring (bicyclic) bond motifs is 3. The second-order valence-corrected chi connectivity index (χ2v) is 5.19. The van der Waals surface area contributed by atoms with Crippen molar-refractivity contribution in [1.29, 1.82) is 0 Å². The van der Waals surface area contributed by atoms with Crippen molar-refractivity contribution in [2.75, 3.05) is 0 Å². The van der Waals surface area contributed by atoms with Crippen LogP contribution in [0.2, 0.25) is 0 Å². The second-order valence-electron chi connectivity index (χ2n) is 5.19. The van der Waals surface area contributed by atoms with Crippen LogP contribution in [0.15, 0.2) is 0 Å². The maximum absolute atomic E-state index is 14.3. The van der Waals surface area contributed by atoms with Crippen molar-refractivity contribution in [2.45, 2.75) is 30.9 Å². The quantitative estimate of drug-likeness (QED) is 0.825. The number of carboxylic acids is 1. The van der Waals surface area contributed by atoms with Crippen molar-refractivity contribution in [1.82, 2.24) is 10.2 Å². The Balaban J connectivity index is 2.11. The summed E-state index contributed by atoms with van der Waals surface area (Å²) in [7, 11) is 0. The van der Waals surface area contributed by atoms with Crippen LogP contribution in [-0.2, 0) is 16.9 Å². The molecule has 0 saturated heterocycles. The van der Waals surface area contributed by atoms with Gasteiger partial charge in [0.25, 0.3) is 5.92 Å². The molecule has 3 atom stereocenters. The number of alkyl halides is 5. The van der Waals surface area contributed by atoms with Crippen LogP contribution >= 0.6 is 0 Å². The van der Waals surface area contributed by atoms with Gasteiger partial charge in [-0.05, 0) is 12.3 Å². The van der Waals surface area contributed by atoms with Crippen LogP contribution in [0.4, 0.5) is 22.0 Å². The first-order valence-electron chi connectivity index (χ1n) is 5.89. The van der Waals surface area contributed by atoms with E-state index in [1.807, 2.05) is 0 Å². The first kappa shape index (κ1) is 13.3. The number of hydrogen-bond donors (Lipinski definition) is 2. The average molecular weight is 296 g/mol. The number of aromatic amines is 1. The van der Waals surface area contributed by atoms with Gasteiger partial charge in [0.05, 0.1) is 12.0 Å². The number of nitrogens with zero attached hydrogens (tertiary/aromatic N) is 1. The molecule has 0 amide bonds. The molecule has 0 aliphatic heterocycles. The predicted molar refractivity (Wildman–Crippen MR) is 54.1 cm³/mol. The van der Waals surface area contributed by atoms with E-state index in [0.29, 0.717) is 0 Å². The van der Waals surface area contributed by atoms with Crippen molar-refractivity contribution in [2.24, 2.45) is 11.8 Å². The fourth-order valence-corrected chi connectivity index (χ4v) is 3.08. The lowest BCUT2D eigenvalue weighted by Crippen LogP contribution is -2.35. The zero-order valence-electron chi connectivity index (χ0n) is 9.84.